The molecule has 0 unspecified atom stereocenters. The van der Waals surface area contributed by atoms with E-state index in [0.717, 1.165) is 10.5 Å². The minimum Gasteiger partial charge on any atom is -0.508 e. The Morgan fingerprint density at radius 2 is 1.85 bits per heavy atom. The number of thioether (sulfide) groups is 1. The smallest absolute Gasteiger partial charge is 0.119 e. The van der Waals surface area contributed by atoms with Gasteiger partial charge in [0.25, 0.3) is 0 Å². The first-order valence-electron chi connectivity index (χ1n) is 4.37. The normalized spacial score (nSPS) is 11.7. The summed E-state index contributed by atoms with van der Waals surface area (Å²) < 4.78 is 0.196. The number of benzene rings is 1. The molecule has 72 valence electrons. The molecule has 1 aromatic carbocycles. The van der Waals surface area contributed by atoms with Crippen molar-refractivity contribution in [3.63, 3.8) is 0 Å². The lowest BCUT2D eigenvalue weighted by Crippen LogP contribution is -2.06. The first-order valence-corrected chi connectivity index (χ1v) is 5.19. The number of hydrogen-bond acceptors (Lipinski definition) is 2. The Kier molecular flexibility index (Phi) is 2.91. The summed E-state index contributed by atoms with van der Waals surface area (Å²) in [5.41, 5.74) is 0.929. The number of hydrogen-bond donors (Lipinski definition) is 1. The molecule has 0 amide bonds. The molecular formula is C11H16OS. The molecule has 0 aliphatic carbocycles. The van der Waals surface area contributed by atoms with Crippen molar-refractivity contribution < 1.29 is 5.11 Å². The van der Waals surface area contributed by atoms with Crippen molar-refractivity contribution in [1.29, 1.82) is 0 Å². The summed E-state index contributed by atoms with van der Waals surface area (Å²) in [5, 5.41) is 9.48. The first kappa shape index (κ1) is 10.5. The van der Waals surface area contributed by atoms with E-state index in [9.17, 15) is 5.11 Å². The van der Waals surface area contributed by atoms with Gasteiger partial charge < -0.3 is 5.11 Å². The second-order valence-electron chi connectivity index (χ2n) is 4.16. The van der Waals surface area contributed by atoms with E-state index in [1.807, 2.05) is 25.1 Å². The molecule has 0 aromatic heterocycles. The van der Waals surface area contributed by atoms with Crippen LogP contribution in [-0.4, -0.2) is 9.85 Å². The molecule has 2 heteroatoms. The minimum atomic E-state index is 0.196. The summed E-state index contributed by atoms with van der Waals surface area (Å²) in [6.07, 6.45) is 0. The Labute approximate surface area is 84.2 Å². The summed E-state index contributed by atoms with van der Waals surface area (Å²) in [6, 6.07) is 5.82. The topological polar surface area (TPSA) is 20.2 Å². The second-order valence-corrected chi connectivity index (χ2v) is 6.06. The van der Waals surface area contributed by atoms with E-state index in [2.05, 4.69) is 20.8 Å². The van der Waals surface area contributed by atoms with Gasteiger partial charge in [-0.1, -0.05) is 26.8 Å². The van der Waals surface area contributed by atoms with Crippen LogP contribution in [0.1, 0.15) is 26.3 Å². The van der Waals surface area contributed by atoms with Gasteiger partial charge in [-0.05, 0) is 24.6 Å². The Balaban J connectivity index is 2.86. The van der Waals surface area contributed by atoms with Gasteiger partial charge in [0.1, 0.15) is 5.75 Å². The monoisotopic (exact) mass is 196 g/mol. The number of phenols is 1. The van der Waals surface area contributed by atoms with Crippen LogP contribution in [0.25, 0.3) is 0 Å². The summed E-state index contributed by atoms with van der Waals surface area (Å²) >= 11 is 1.76. The highest BCUT2D eigenvalue weighted by molar-refractivity contribution is 8.00. The Bertz CT molecular complexity index is 299. The van der Waals surface area contributed by atoms with Crippen LogP contribution in [0.5, 0.6) is 5.75 Å². The van der Waals surface area contributed by atoms with Crippen LogP contribution < -0.4 is 0 Å². The summed E-state index contributed by atoms with van der Waals surface area (Å²) in [6.45, 7) is 8.39. The van der Waals surface area contributed by atoms with Gasteiger partial charge in [0.2, 0.25) is 0 Å². The molecule has 0 bridgehead atoms. The molecule has 0 atom stereocenters. The van der Waals surface area contributed by atoms with Crippen LogP contribution in [0.2, 0.25) is 0 Å². The van der Waals surface area contributed by atoms with E-state index in [4.69, 9.17) is 0 Å². The van der Waals surface area contributed by atoms with Crippen LogP contribution in [-0.2, 0) is 0 Å². The van der Waals surface area contributed by atoms with Crippen molar-refractivity contribution in [3.05, 3.63) is 23.8 Å². The average Bonchev–Trinajstić information content (AvgIpc) is 1.94. The molecule has 1 nitrogen and oxygen atoms in total. The van der Waals surface area contributed by atoms with E-state index >= 15 is 0 Å². The van der Waals surface area contributed by atoms with Gasteiger partial charge in [0.05, 0.1) is 0 Å². The molecule has 1 rings (SSSR count). The van der Waals surface area contributed by atoms with Crippen molar-refractivity contribution in [3.8, 4) is 5.75 Å². The average molecular weight is 196 g/mol. The summed E-state index contributed by atoms with van der Waals surface area (Å²) in [4.78, 5) is 1.12. The standard InChI is InChI=1S/C11H16OS/c1-8-5-6-9(7-10(8)12)13-11(2,3)4/h5-7,12H,1-4H3. The van der Waals surface area contributed by atoms with E-state index < -0.39 is 0 Å². The zero-order chi connectivity index (χ0) is 10.1. The van der Waals surface area contributed by atoms with Gasteiger partial charge in [-0.2, -0.15) is 0 Å². The summed E-state index contributed by atoms with van der Waals surface area (Å²) in [7, 11) is 0. The highest BCUT2D eigenvalue weighted by Gasteiger charge is 2.12. The molecular weight excluding hydrogens is 180 g/mol. The molecule has 1 N–H and O–H groups in total. The van der Waals surface area contributed by atoms with Crippen LogP contribution >= 0.6 is 11.8 Å². The molecule has 1 aromatic rings. The first-order chi connectivity index (χ1) is 5.88. The van der Waals surface area contributed by atoms with Gasteiger partial charge in [-0.3, -0.25) is 0 Å². The van der Waals surface area contributed by atoms with Crippen molar-refractivity contribution >= 4 is 11.8 Å². The van der Waals surface area contributed by atoms with Crippen LogP contribution in [0.3, 0.4) is 0 Å². The van der Waals surface area contributed by atoms with E-state index in [0.29, 0.717) is 5.75 Å². The number of aromatic hydroxyl groups is 1. The van der Waals surface area contributed by atoms with Crippen LogP contribution in [0.4, 0.5) is 0 Å². The Morgan fingerprint density at radius 3 is 2.31 bits per heavy atom. The molecule has 0 heterocycles. The van der Waals surface area contributed by atoms with Crippen molar-refractivity contribution in [2.75, 3.05) is 0 Å². The lowest BCUT2D eigenvalue weighted by Gasteiger charge is -2.17. The molecule has 0 fully saturated rings. The fraction of sp³-hybridized carbons (Fsp3) is 0.455. The molecule has 0 radical (unpaired) electrons. The van der Waals surface area contributed by atoms with Gasteiger partial charge in [-0.25, -0.2) is 0 Å². The third kappa shape index (κ3) is 3.31. The predicted molar refractivity (Wildman–Crippen MR) is 58.5 cm³/mol. The number of rotatable bonds is 1. The molecule has 0 aliphatic heterocycles. The molecule has 13 heavy (non-hydrogen) atoms. The zero-order valence-electron chi connectivity index (χ0n) is 8.59. The maximum Gasteiger partial charge on any atom is 0.119 e. The van der Waals surface area contributed by atoms with Gasteiger partial charge in [-0.15, -0.1) is 11.8 Å². The molecule has 0 saturated heterocycles. The molecule has 0 spiro atoms. The van der Waals surface area contributed by atoms with E-state index in [-0.39, 0.29) is 4.75 Å². The third-order valence-electron chi connectivity index (χ3n) is 1.60. The minimum absolute atomic E-state index is 0.196. The highest BCUT2D eigenvalue weighted by atomic mass is 32.2. The van der Waals surface area contributed by atoms with E-state index in [1.54, 1.807) is 11.8 Å². The zero-order valence-corrected chi connectivity index (χ0v) is 9.40. The van der Waals surface area contributed by atoms with Crippen molar-refractivity contribution in [2.24, 2.45) is 0 Å². The third-order valence-corrected chi connectivity index (χ3v) is 2.71. The Morgan fingerprint density at radius 1 is 1.23 bits per heavy atom. The van der Waals surface area contributed by atoms with E-state index in [1.165, 1.54) is 0 Å². The van der Waals surface area contributed by atoms with Crippen LogP contribution in [0.15, 0.2) is 23.1 Å². The Hall–Kier alpha value is -0.630. The van der Waals surface area contributed by atoms with Crippen molar-refractivity contribution in [1.82, 2.24) is 0 Å². The number of phenolic OH excluding ortho intramolecular Hbond substituents is 1. The maximum absolute atomic E-state index is 9.48. The van der Waals surface area contributed by atoms with Crippen molar-refractivity contribution in [2.45, 2.75) is 37.3 Å². The van der Waals surface area contributed by atoms with Gasteiger partial charge in [0, 0.05) is 9.64 Å². The quantitative estimate of drug-likeness (QED) is 0.693. The van der Waals surface area contributed by atoms with Gasteiger partial charge in [0.15, 0.2) is 0 Å². The SMILES string of the molecule is Cc1ccc(SC(C)(C)C)cc1O. The molecule has 0 saturated carbocycles. The lowest BCUT2D eigenvalue weighted by molar-refractivity contribution is 0.469. The second kappa shape index (κ2) is 3.62. The molecule has 0 aliphatic rings. The fourth-order valence-electron chi connectivity index (χ4n) is 1.01. The van der Waals surface area contributed by atoms with Crippen LogP contribution in [0, 0.1) is 6.92 Å². The van der Waals surface area contributed by atoms with Gasteiger partial charge >= 0.3 is 0 Å². The largest absolute Gasteiger partial charge is 0.508 e. The maximum atomic E-state index is 9.48. The highest BCUT2D eigenvalue weighted by Crippen LogP contribution is 2.34. The lowest BCUT2D eigenvalue weighted by atomic mass is 10.2. The predicted octanol–water partition coefficient (Wildman–Crippen LogP) is 3.59. The summed E-state index contributed by atoms with van der Waals surface area (Å²) in [5.74, 6) is 0.384. The number of aryl methyl sites for hydroxylation is 1. The fourth-order valence-corrected chi connectivity index (χ4v) is 2.02.